The molecule has 104 valence electrons. The van der Waals surface area contributed by atoms with Gasteiger partial charge in [-0.3, -0.25) is 10.1 Å². The number of non-ortho nitro benzene ring substituents is 1. The van der Waals surface area contributed by atoms with Crippen LogP contribution in [0.5, 0.6) is 0 Å². The van der Waals surface area contributed by atoms with Gasteiger partial charge in [0.1, 0.15) is 5.82 Å². The number of hydrogen-bond acceptors (Lipinski definition) is 5. The molecule has 0 aliphatic heterocycles. The first-order valence-corrected chi connectivity index (χ1v) is 7.05. The third kappa shape index (κ3) is 2.87. The van der Waals surface area contributed by atoms with Crippen LogP contribution in [-0.2, 0) is 0 Å². The molecule has 6 nitrogen and oxygen atoms in total. The monoisotopic (exact) mass is 384 g/mol. The van der Waals surface area contributed by atoms with Gasteiger partial charge in [-0.15, -0.1) is 0 Å². The van der Waals surface area contributed by atoms with Crippen molar-refractivity contribution in [2.24, 2.45) is 0 Å². The van der Waals surface area contributed by atoms with Gasteiger partial charge in [-0.2, -0.15) is 0 Å². The number of rotatable bonds is 3. The van der Waals surface area contributed by atoms with Crippen LogP contribution in [0.1, 0.15) is 25.5 Å². The number of nitrogen functional groups attached to an aromatic ring is 1. The van der Waals surface area contributed by atoms with Crippen molar-refractivity contribution in [3.05, 3.63) is 43.6 Å². The molecule has 2 N–H and O–H groups in total. The number of aromatic nitrogens is 2. The van der Waals surface area contributed by atoms with Crippen molar-refractivity contribution in [3.63, 3.8) is 0 Å². The Morgan fingerprint density at radius 1 is 1.35 bits per heavy atom. The Balaban J connectivity index is 2.58. The summed E-state index contributed by atoms with van der Waals surface area (Å²) in [4.78, 5) is 19.1. The van der Waals surface area contributed by atoms with Crippen LogP contribution in [0.25, 0.3) is 11.4 Å². The number of anilines is 1. The molecule has 0 amide bonds. The van der Waals surface area contributed by atoms with Gasteiger partial charge in [0.15, 0.2) is 5.82 Å². The van der Waals surface area contributed by atoms with Crippen molar-refractivity contribution >= 4 is 34.1 Å². The smallest absolute Gasteiger partial charge is 0.270 e. The molecule has 1 heterocycles. The third-order valence-corrected chi connectivity index (χ3v) is 3.87. The average Bonchev–Trinajstić information content (AvgIpc) is 2.41. The van der Waals surface area contributed by atoms with Crippen LogP contribution in [0.2, 0.25) is 0 Å². The number of benzene rings is 1. The van der Waals surface area contributed by atoms with Crippen molar-refractivity contribution in [1.82, 2.24) is 9.97 Å². The molecule has 20 heavy (non-hydrogen) atoms. The largest absolute Gasteiger partial charge is 0.383 e. The second-order valence-electron chi connectivity index (χ2n) is 4.59. The summed E-state index contributed by atoms with van der Waals surface area (Å²) in [5.41, 5.74) is 7.34. The van der Waals surface area contributed by atoms with Gasteiger partial charge < -0.3 is 5.73 Å². The molecule has 0 spiro atoms. The molecule has 0 aliphatic rings. The molecule has 0 unspecified atom stereocenters. The fourth-order valence-electron chi connectivity index (χ4n) is 1.75. The predicted molar refractivity (Wildman–Crippen MR) is 85.3 cm³/mol. The highest BCUT2D eigenvalue weighted by Gasteiger charge is 2.15. The molecular formula is C13H13IN4O2. The van der Waals surface area contributed by atoms with Crippen LogP contribution in [-0.4, -0.2) is 14.9 Å². The van der Waals surface area contributed by atoms with E-state index < -0.39 is 4.92 Å². The molecule has 0 bridgehead atoms. The van der Waals surface area contributed by atoms with Crippen LogP contribution >= 0.6 is 22.6 Å². The summed E-state index contributed by atoms with van der Waals surface area (Å²) < 4.78 is 0.826. The van der Waals surface area contributed by atoms with Crippen molar-refractivity contribution in [3.8, 4) is 11.4 Å². The molecule has 0 saturated heterocycles. The molecule has 0 saturated carbocycles. The lowest BCUT2D eigenvalue weighted by Gasteiger charge is -2.11. The van der Waals surface area contributed by atoms with E-state index in [0.717, 1.165) is 9.26 Å². The third-order valence-electron chi connectivity index (χ3n) is 2.76. The maximum atomic E-state index is 10.8. The minimum absolute atomic E-state index is 0.00863. The fourth-order valence-corrected chi connectivity index (χ4v) is 2.62. The minimum atomic E-state index is -0.442. The zero-order chi connectivity index (χ0) is 14.9. The lowest BCUT2D eigenvalue weighted by molar-refractivity contribution is -0.384. The second kappa shape index (κ2) is 5.70. The zero-order valence-corrected chi connectivity index (χ0v) is 13.2. The summed E-state index contributed by atoms with van der Waals surface area (Å²) >= 11 is 2.12. The first kappa shape index (κ1) is 14.6. The highest BCUT2D eigenvalue weighted by Crippen LogP contribution is 2.28. The topological polar surface area (TPSA) is 94.9 Å². The van der Waals surface area contributed by atoms with E-state index in [1.165, 1.54) is 12.1 Å². The highest BCUT2D eigenvalue weighted by atomic mass is 127. The van der Waals surface area contributed by atoms with E-state index in [9.17, 15) is 10.1 Å². The highest BCUT2D eigenvalue weighted by molar-refractivity contribution is 14.1. The van der Waals surface area contributed by atoms with Crippen LogP contribution in [0, 0.1) is 13.7 Å². The number of nitro benzene ring substituents is 1. The van der Waals surface area contributed by atoms with Crippen molar-refractivity contribution in [2.75, 3.05) is 5.73 Å². The molecule has 2 rings (SSSR count). The van der Waals surface area contributed by atoms with Gasteiger partial charge in [-0.05, 0) is 28.5 Å². The number of nitrogens with two attached hydrogens (primary N) is 1. The van der Waals surface area contributed by atoms with E-state index in [4.69, 9.17) is 5.73 Å². The van der Waals surface area contributed by atoms with Gasteiger partial charge >= 0.3 is 0 Å². The maximum absolute atomic E-state index is 10.8. The van der Waals surface area contributed by atoms with Crippen molar-refractivity contribution in [2.45, 2.75) is 19.8 Å². The van der Waals surface area contributed by atoms with Crippen LogP contribution < -0.4 is 5.73 Å². The van der Waals surface area contributed by atoms with Crippen LogP contribution in [0.15, 0.2) is 24.3 Å². The Morgan fingerprint density at radius 3 is 2.65 bits per heavy atom. The number of halogens is 1. The molecule has 0 atom stereocenters. The first-order chi connectivity index (χ1) is 9.40. The van der Waals surface area contributed by atoms with Gasteiger partial charge in [0.25, 0.3) is 5.69 Å². The SMILES string of the molecule is CC(C)c1nc(-c2cccc([N+](=O)[O-])c2)nc(N)c1I. The van der Waals surface area contributed by atoms with Gasteiger partial charge in [-0.25, -0.2) is 9.97 Å². The number of hydrogen-bond donors (Lipinski definition) is 1. The maximum Gasteiger partial charge on any atom is 0.270 e. The zero-order valence-electron chi connectivity index (χ0n) is 11.0. The molecule has 0 aliphatic carbocycles. The Kier molecular flexibility index (Phi) is 4.17. The van der Waals surface area contributed by atoms with E-state index >= 15 is 0 Å². The first-order valence-electron chi connectivity index (χ1n) is 5.98. The van der Waals surface area contributed by atoms with Crippen molar-refractivity contribution < 1.29 is 4.92 Å². The minimum Gasteiger partial charge on any atom is -0.383 e. The Bertz CT molecular complexity index is 673. The summed E-state index contributed by atoms with van der Waals surface area (Å²) in [6, 6.07) is 6.23. The van der Waals surface area contributed by atoms with Gasteiger partial charge in [-0.1, -0.05) is 26.0 Å². The number of nitrogens with zero attached hydrogens (tertiary/aromatic N) is 3. The average molecular weight is 384 g/mol. The summed E-state index contributed by atoms with van der Waals surface area (Å²) in [6.45, 7) is 4.03. The standard InChI is InChI=1S/C13H13IN4O2/c1-7(2)11-10(14)12(15)17-13(16-11)8-4-3-5-9(6-8)18(19)20/h3-7H,1-2H3,(H2,15,16,17). The molecule has 1 aromatic heterocycles. The Labute approximate surface area is 129 Å². The Hall–Kier alpha value is -1.77. The predicted octanol–water partition coefficient (Wildman–Crippen LogP) is 3.36. The summed E-state index contributed by atoms with van der Waals surface area (Å²) in [5, 5.41) is 10.8. The lowest BCUT2D eigenvalue weighted by Crippen LogP contribution is -2.06. The van der Waals surface area contributed by atoms with Crippen LogP contribution in [0.3, 0.4) is 0 Å². The molecule has 1 aromatic carbocycles. The van der Waals surface area contributed by atoms with E-state index in [-0.39, 0.29) is 11.6 Å². The lowest BCUT2D eigenvalue weighted by atomic mass is 10.1. The number of nitro groups is 1. The summed E-state index contributed by atoms with van der Waals surface area (Å²) in [7, 11) is 0. The van der Waals surface area contributed by atoms with Crippen LogP contribution in [0.4, 0.5) is 11.5 Å². The molecular weight excluding hydrogens is 371 g/mol. The van der Waals surface area contributed by atoms with E-state index in [2.05, 4.69) is 32.6 Å². The van der Waals surface area contributed by atoms with Gasteiger partial charge in [0.05, 0.1) is 14.2 Å². The van der Waals surface area contributed by atoms with Crippen molar-refractivity contribution in [1.29, 1.82) is 0 Å². The van der Waals surface area contributed by atoms with E-state index in [1.807, 2.05) is 13.8 Å². The molecule has 0 radical (unpaired) electrons. The molecule has 2 aromatic rings. The quantitative estimate of drug-likeness (QED) is 0.498. The molecule has 0 fully saturated rings. The fraction of sp³-hybridized carbons (Fsp3) is 0.231. The van der Waals surface area contributed by atoms with E-state index in [1.54, 1.807) is 12.1 Å². The molecule has 7 heteroatoms. The van der Waals surface area contributed by atoms with Gasteiger partial charge in [0.2, 0.25) is 0 Å². The summed E-state index contributed by atoms with van der Waals surface area (Å²) in [6.07, 6.45) is 0. The normalized spacial score (nSPS) is 10.8. The second-order valence-corrected chi connectivity index (χ2v) is 5.67. The summed E-state index contributed by atoms with van der Waals surface area (Å²) in [5.74, 6) is 1.01. The van der Waals surface area contributed by atoms with Gasteiger partial charge in [0, 0.05) is 17.7 Å². The van der Waals surface area contributed by atoms with E-state index in [0.29, 0.717) is 17.2 Å². The Morgan fingerprint density at radius 2 is 2.05 bits per heavy atom.